The molecule has 0 fully saturated rings. The summed E-state index contributed by atoms with van der Waals surface area (Å²) in [7, 11) is 6.89. The van der Waals surface area contributed by atoms with Crippen LogP contribution in [0, 0.1) is 27.7 Å². The van der Waals surface area contributed by atoms with Crippen molar-refractivity contribution in [1.29, 1.82) is 0 Å². The summed E-state index contributed by atoms with van der Waals surface area (Å²) >= 11 is 0. The molecular formula is C52H48O8. The van der Waals surface area contributed by atoms with Crippen molar-refractivity contribution < 1.29 is 36.6 Å². The largest absolute Gasteiger partial charge is 0.496 e. The first-order chi connectivity index (χ1) is 29.2. The van der Waals surface area contributed by atoms with E-state index in [9.17, 15) is 0 Å². The van der Waals surface area contributed by atoms with Crippen molar-refractivity contribution in [1.82, 2.24) is 0 Å². The normalized spacial score (nSPS) is 17.3. The number of ether oxygens (including phenoxy) is 4. The van der Waals surface area contributed by atoms with Crippen LogP contribution in [0.2, 0.25) is 0 Å². The first kappa shape index (κ1) is 38.7. The van der Waals surface area contributed by atoms with E-state index in [2.05, 4.69) is 72.8 Å². The summed E-state index contributed by atoms with van der Waals surface area (Å²) in [6, 6.07) is 41.3. The number of para-hydroxylation sites is 4. The Morgan fingerprint density at radius 1 is 0.283 bits per heavy atom. The summed E-state index contributed by atoms with van der Waals surface area (Å²) in [6.45, 7) is 7.84. The summed E-state index contributed by atoms with van der Waals surface area (Å²) in [6.07, 6.45) is 0. The molecule has 0 unspecified atom stereocenters. The lowest BCUT2D eigenvalue weighted by atomic mass is 9.77. The van der Waals surface area contributed by atoms with Gasteiger partial charge < -0.3 is 36.6 Å². The highest BCUT2D eigenvalue weighted by atomic mass is 16.5. The predicted molar refractivity (Wildman–Crippen MR) is 230 cm³/mol. The molecule has 4 heterocycles. The topological polar surface area (TPSA) is 89.5 Å². The highest BCUT2D eigenvalue weighted by Crippen LogP contribution is 2.54. The van der Waals surface area contributed by atoms with Crippen LogP contribution in [0.4, 0.5) is 0 Å². The van der Waals surface area contributed by atoms with Gasteiger partial charge in [-0.15, -0.1) is 0 Å². The Balaban J connectivity index is 1.48. The molecule has 0 saturated heterocycles. The molecule has 0 spiro atoms. The van der Waals surface area contributed by atoms with Gasteiger partial charge in [-0.1, -0.05) is 72.8 Å². The smallest absolute Gasteiger partial charge is 0.127 e. The van der Waals surface area contributed by atoms with E-state index in [1.165, 1.54) is 0 Å². The second kappa shape index (κ2) is 15.8. The Hall–Kier alpha value is -6.80. The Bertz CT molecular complexity index is 2340. The minimum absolute atomic E-state index is 0.456. The number of methoxy groups -OCH3 is 4. The first-order valence-electron chi connectivity index (χ1n) is 20.2. The van der Waals surface area contributed by atoms with E-state index < -0.39 is 23.7 Å². The first-order valence-corrected chi connectivity index (χ1v) is 20.2. The summed E-state index contributed by atoms with van der Waals surface area (Å²) < 4.78 is 52.5. The van der Waals surface area contributed by atoms with Crippen molar-refractivity contribution in [2.45, 2.75) is 51.4 Å². The highest BCUT2D eigenvalue weighted by Gasteiger charge is 2.38. The summed E-state index contributed by atoms with van der Waals surface area (Å²) in [5, 5.41) is 0. The van der Waals surface area contributed by atoms with Crippen LogP contribution in [0.3, 0.4) is 0 Å². The third-order valence-electron chi connectivity index (χ3n) is 11.8. The average molecular weight is 801 g/mol. The summed E-state index contributed by atoms with van der Waals surface area (Å²) in [5.74, 6) is 7.05. The minimum Gasteiger partial charge on any atom is -0.496 e. The molecule has 0 aliphatic heterocycles. The molecule has 8 aromatic rings. The van der Waals surface area contributed by atoms with E-state index in [1.54, 1.807) is 28.4 Å². The quantitative estimate of drug-likeness (QED) is 0.150. The summed E-state index contributed by atoms with van der Waals surface area (Å²) in [5.41, 5.74) is 7.14. The fraction of sp³-hybridized carbons (Fsp3) is 0.231. The highest BCUT2D eigenvalue weighted by molar-refractivity contribution is 5.65. The van der Waals surface area contributed by atoms with E-state index in [1.807, 2.05) is 76.2 Å². The van der Waals surface area contributed by atoms with Gasteiger partial charge in [-0.25, -0.2) is 0 Å². The standard InChI is InChI=1S/C52H48O8/c1-29-21-25-41(57-29)45-33-13-9-15-35(49(33)53-5)46(42-26-22-30(2)58-42)37-17-11-19-39(51(37)55-7)48(44-28-24-32(4)60-44)40-20-12-18-38(52(40)56-8)47(43-27-23-31(3)59-43)36-16-10-14-34(45)50(36)54-6/h9-28,45-48H,1-8H3. The lowest BCUT2D eigenvalue weighted by molar-refractivity contribution is 0.378. The van der Waals surface area contributed by atoms with Gasteiger partial charge in [0.25, 0.3) is 0 Å². The van der Waals surface area contributed by atoms with E-state index in [0.717, 1.165) is 90.6 Å². The van der Waals surface area contributed by atoms with Crippen molar-refractivity contribution in [2.24, 2.45) is 0 Å². The predicted octanol–water partition coefficient (Wildman–Crippen LogP) is 12.4. The molecule has 8 nitrogen and oxygen atoms in total. The molecule has 8 heteroatoms. The van der Waals surface area contributed by atoms with Crippen molar-refractivity contribution in [2.75, 3.05) is 28.4 Å². The van der Waals surface area contributed by atoms with E-state index in [-0.39, 0.29) is 0 Å². The van der Waals surface area contributed by atoms with Gasteiger partial charge in [-0.2, -0.15) is 0 Å². The zero-order chi connectivity index (χ0) is 41.7. The van der Waals surface area contributed by atoms with Crippen LogP contribution in [0.5, 0.6) is 23.0 Å². The molecular weight excluding hydrogens is 753 g/mol. The maximum atomic E-state index is 6.57. The molecule has 0 saturated carbocycles. The van der Waals surface area contributed by atoms with Crippen LogP contribution in [0.1, 0.15) is 114 Å². The Morgan fingerprint density at radius 2 is 0.467 bits per heavy atom. The average Bonchev–Trinajstić information content (AvgIpc) is 4.08. The number of hydrogen-bond donors (Lipinski definition) is 0. The fourth-order valence-corrected chi connectivity index (χ4v) is 9.39. The molecule has 1 aliphatic rings. The molecule has 8 bridgehead atoms. The number of furan rings is 4. The molecule has 1 aliphatic carbocycles. The van der Waals surface area contributed by atoms with Gasteiger partial charge in [-0.05, 0) is 76.2 Å². The third kappa shape index (κ3) is 6.47. The number of benzene rings is 4. The number of rotatable bonds is 8. The molecule has 304 valence electrons. The van der Waals surface area contributed by atoms with Gasteiger partial charge in [0, 0.05) is 44.5 Å². The van der Waals surface area contributed by atoms with Crippen molar-refractivity contribution in [3.05, 3.63) is 212 Å². The lowest BCUT2D eigenvalue weighted by Crippen LogP contribution is -2.15. The molecule has 4 aromatic heterocycles. The minimum atomic E-state index is -0.456. The zero-order valence-electron chi connectivity index (χ0n) is 35.1. The number of hydrogen-bond acceptors (Lipinski definition) is 8. The van der Waals surface area contributed by atoms with Crippen molar-refractivity contribution in [3.8, 4) is 23.0 Å². The van der Waals surface area contributed by atoms with Gasteiger partial charge in [-0.3, -0.25) is 0 Å². The molecule has 0 radical (unpaired) electrons. The van der Waals surface area contributed by atoms with Crippen LogP contribution in [-0.2, 0) is 0 Å². The van der Waals surface area contributed by atoms with Gasteiger partial charge in [0.1, 0.15) is 69.1 Å². The lowest BCUT2D eigenvalue weighted by Gasteiger charge is -2.30. The maximum absolute atomic E-state index is 6.57. The van der Waals surface area contributed by atoms with Gasteiger partial charge in [0.05, 0.1) is 52.1 Å². The van der Waals surface area contributed by atoms with Gasteiger partial charge >= 0.3 is 0 Å². The third-order valence-corrected chi connectivity index (χ3v) is 11.8. The monoisotopic (exact) mass is 800 g/mol. The summed E-state index contributed by atoms with van der Waals surface area (Å²) in [4.78, 5) is 0. The SMILES string of the molecule is COc1c2cccc1C(c1ccc(C)o1)c1cccc(c1OC)C(c1ccc(C)o1)c1cccc(c1OC)C(c1ccc(C)o1)c1cccc(c1OC)C2c1ccc(C)o1. The number of aryl methyl sites for hydroxylation is 4. The molecule has 0 amide bonds. The Morgan fingerprint density at radius 3 is 0.600 bits per heavy atom. The molecule has 0 N–H and O–H groups in total. The van der Waals surface area contributed by atoms with Crippen molar-refractivity contribution in [3.63, 3.8) is 0 Å². The van der Waals surface area contributed by atoms with Crippen LogP contribution >= 0.6 is 0 Å². The van der Waals surface area contributed by atoms with Crippen LogP contribution in [-0.4, -0.2) is 28.4 Å². The second-order valence-corrected chi connectivity index (χ2v) is 15.4. The van der Waals surface area contributed by atoms with E-state index in [4.69, 9.17) is 36.6 Å². The molecule has 4 aromatic carbocycles. The van der Waals surface area contributed by atoms with Gasteiger partial charge in [0.2, 0.25) is 0 Å². The number of fused-ring (bicyclic) bond motifs is 8. The Kier molecular flexibility index (Phi) is 10.2. The molecule has 0 atom stereocenters. The Labute approximate surface area is 350 Å². The van der Waals surface area contributed by atoms with E-state index in [0.29, 0.717) is 23.0 Å². The van der Waals surface area contributed by atoms with Crippen LogP contribution < -0.4 is 18.9 Å². The van der Waals surface area contributed by atoms with Crippen molar-refractivity contribution >= 4 is 0 Å². The molecule has 60 heavy (non-hydrogen) atoms. The van der Waals surface area contributed by atoms with Gasteiger partial charge in [0.15, 0.2) is 0 Å². The second-order valence-electron chi connectivity index (χ2n) is 15.4. The fourth-order valence-electron chi connectivity index (χ4n) is 9.39. The van der Waals surface area contributed by atoms with E-state index >= 15 is 0 Å². The maximum Gasteiger partial charge on any atom is 0.127 e. The van der Waals surface area contributed by atoms with Crippen LogP contribution in [0.25, 0.3) is 0 Å². The zero-order valence-corrected chi connectivity index (χ0v) is 35.1. The molecule has 9 rings (SSSR count). The van der Waals surface area contributed by atoms with Crippen LogP contribution in [0.15, 0.2) is 139 Å².